The van der Waals surface area contributed by atoms with Gasteiger partial charge in [0, 0.05) is 26.0 Å². The first-order chi connectivity index (χ1) is 26.8. The Bertz CT molecular complexity index is 870. The molecule has 17 heteroatoms. The van der Waals surface area contributed by atoms with Gasteiger partial charge in [-0.15, -0.1) is 0 Å². The van der Waals surface area contributed by atoms with Crippen molar-refractivity contribution >= 4 is 17.6 Å². The molecule has 0 saturated carbocycles. The van der Waals surface area contributed by atoms with Gasteiger partial charge in [0.1, 0.15) is 0 Å². The van der Waals surface area contributed by atoms with Gasteiger partial charge in [0.05, 0.1) is 164 Å². The van der Waals surface area contributed by atoms with E-state index in [1.807, 2.05) is 13.8 Å². The van der Waals surface area contributed by atoms with E-state index >= 15 is 0 Å². The first-order valence-corrected chi connectivity index (χ1v) is 19.7. The van der Waals surface area contributed by atoms with Crippen LogP contribution in [-0.4, -0.2) is 189 Å². The van der Waals surface area contributed by atoms with E-state index in [-0.39, 0.29) is 29.9 Å². The van der Waals surface area contributed by atoms with E-state index in [9.17, 15) is 14.4 Å². The lowest BCUT2D eigenvalue weighted by Crippen LogP contribution is -2.46. The topological polar surface area (TPSA) is 186 Å². The van der Waals surface area contributed by atoms with E-state index < -0.39 is 6.04 Å². The van der Waals surface area contributed by atoms with Crippen molar-refractivity contribution in [2.24, 2.45) is 11.8 Å². The molecule has 0 aromatic rings. The van der Waals surface area contributed by atoms with E-state index in [1.165, 1.54) is 0 Å². The van der Waals surface area contributed by atoms with E-state index in [2.05, 4.69) is 10.6 Å². The highest BCUT2D eigenvalue weighted by molar-refractivity contribution is 5.94. The fourth-order valence-corrected chi connectivity index (χ4v) is 4.28. The third kappa shape index (κ3) is 40.1. The quantitative estimate of drug-likeness (QED) is 0.0844. The summed E-state index contributed by atoms with van der Waals surface area (Å²) in [5.74, 6) is -0.598. The summed E-state index contributed by atoms with van der Waals surface area (Å²) >= 11 is 0. The van der Waals surface area contributed by atoms with Crippen molar-refractivity contribution in [3.05, 3.63) is 0 Å². The third-order valence-corrected chi connectivity index (χ3v) is 7.31. The molecule has 0 aliphatic rings. The van der Waals surface area contributed by atoms with Crippen LogP contribution in [0.4, 0.5) is 0 Å². The lowest BCUT2D eigenvalue weighted by molar-refractivity contribution is -0.132. The van der Waals surface area contributed by atoms with Crippen molar-refractivity contribution in [2.75, 3.05) is 166 Å². The maximum absolute atomic E-state index is 12.5. The molecule has 0 aliphatic carbocycles. The fraction of sp³-hybridized carbons (Fsp3) is 0.921. The number of methoxy groups -OCH3 is 1. The second-order valence-corrected chi connectivity index (χ2v) is 12.9. The lowest BCUT2D eigenvalue weighted by atomic mass is 9.98. The van der Waals surface area contributed by atoms with Gasteiger partial charge in [-0.2, -0.15) is 0 Å². The molecule has 0 aliphatic heterocycles. The summed E-state index contributed by atoms with van der Waals surface area (Å²) in [5, 5.41) is 5.47. The molecule has 0 radical (unpaired) electrons. The largest absolute Gasteiger partial charge is 0.382 e. The molecular weight excluding hydrogens is 724 g/mol. The number of hydrogen-bond donors (Lipinski definition) is 2. The molecule has 2 amide bonds. The van der Waals surface area contributed by atoms with Crippen LogP contribution in [0.15, 0.2) is 0 Å². The van der Waals surface area contributed by atoms with Gasteiger partial charge in [-0.05, 0) is 12.3 Å². The SMILES string of the molecule is COCCOCCOCCOCCOCCOCCOCCOCCOCCOCCOCCOCCNC(=O)C[C@H](NC(=O)CCC(C)C)C(=O)C(C)C. The van der Waals surface area contributed by atoms with Gasteiger partial charge in [-0.25, -0.2) is 0 Å². The van der Waals surface area contributed by atoms with Crippen LogP contribution in [0.3, 0.4) is 0 Å². The van der Waals surface area contributed by atoms with Gasteiger partial charge < -0.3 is 67.5 Å². The number of amides is 2. The summed E-state index contributed by atoms with van der Waals surface area (Å²) in [4.78, 5) is 37.1. The average molecular weight is 799 g/mol. The number of carbonyl (C=O) groups is 3. The molecular formula is C38H74N2O15. The van der Waals surface area contributed by atoms with Crippen molar-refractivity contribution in [3.8, 4) is 0 Å². The monoisotopic (exact) mass is 799 g/mol. The molecule has 17 nitrogen and oxygen atoms in total. The standard InChI is InChI=1S/C38H74N2O15/c1-33(2)6-7-36(41)40-35(38(43)34(3)4)32-37(42)39-8-9-45-12-13-47-16-17-49-20-21-51-24-25-53-28-29-55-31-30-54-27-26-52-23-22-50-19-18-48-15-14-46-11-10-44-5/h33-35H,6-32H2,1-5H3,(H,39,42)(H,40,41)/t35-/m0/s1. The molecule has 0 unspecified atom stereocenters. The molecule has 0 spiro atoms. The number of rotatable bonds is 44. The predicted molar refractivity (Wildman–Crippen MR) is 204 cm³/mol. The smallest absolute Gasteiger partial charge is 0.222 e. The van der Waals surface area contributed by atoms with Crippen LogP contribution in [0.25, 0.3) is 0 Å². The van der Waals surface area contributed by atoms with Gasteiger partial charge in [-0.3, -0.25) is 14.4 Å². The zero-order valence-electron chi connectivity index (χ0n) is 34.4. The van der Waals surface area contributed by atoms with Gasteiger partial charge in [0.15, 0.2) is 5.78 Å². The second-order valence-electron chi connectivity index (χ2n) is 12.9. The minimum Gasteiger partial charge on any atom is -0.382 e. The molecule has 0 heterocycles. The average Bonchev–Trinajstić information content (AvgIpc) is 3.16. The summed E-state index contributed by atoms with van der Waals surface area (Å²) < 4.78 is 64.9. The fourth-order valence-electron chi connectivity index (χ4n) is 4.28. The van der Waals surface area contributed by atoms with E-state index in [1.54, 1.807) is 21.0 Å². The molecule has 0 rings (SSSR count). The number of ketones is 1. The Hall–Kier alpha value is -1.87. The van der Waals surface area contributed by atoms with Crippen molar-refractivity contribution in [1.29, 1.82) is 0 Å². The Morgan fingerprint density at radius 1 is 0.436 bits per heavy atom. The Labute approximate surface area is 329 Å². The van der Waals surface area contributed by atoms with Gasteiger partial charge in [0.25, 0.3) is 0 Å². The number of carbonyl (C=O) groups excluding carboxylic acids is 3. The van der Waals surface area contributed by atoms with Crippen molar-refractivity contribution in [2.45, 2.75) is 53.0 Å². The van der Waals surface area contributed by atoms with E-state index in [4.69, 9.17) is 56.8 Å². The Kier molecular flexibility index (Phi) is 40.3. The molecule has 55 heavy (non-hydrogen) atoms. The maximum atomic E-state index is 12.5. The van der Waals surface area contributed by atoms with Crippen molar-refractivity contribution in [1.82, 2.24) is 10.6 Å². The van der Waals surface area contributed by atoms with Crippen LogP contribution in [0.1, 0.15) is 47.0 Å². The lowest BCUT2D eigenvalue weighted by Gasteiger charge is -2.19. The minimum atomic E-state index is -0.831. The summed E-state index contributed by atoms with van der Waals surface area (Å²) in [6.07, 6.45) is 0.955. The highest BCUT2D eigenvalue weighted by Gasteiger charge is 2.25. The molecule has 1 atom stereocenters. The molecule has 0 fully saturated rings. The van der Waals surface area contributed by atoms with Crippen LogP contribution in [0, 0.1) is 11.8 Å². The van der Waals surface area contributed by atoms with Crippen LogP contribution in [0.5, 0.6) is 0 Å². The van der Waals surface area contributed by atoms with Gasteiger partial charge in [-0.1, -0.05) is 27.7 Å². The highest BCUT2D eigenvalue weighted by atomic mass is 16.6. The van der Waals surface area contributed by atoms with Gasteiger partial charge in [0.2, 0.25) is 11.8 Å². The zero-order valence-corrected chi connectivity index (χ0v) is 34.4. The Morgan fingerprint density at radius 2 is 0.745 bits per heavy atom. The Balaban J connectivity index is 3.38. The number of ether oxygens (including phenoxy) is 12. The minimum absolute atomic E-state index is 0.0950. The van der Waals surface area contributed by atoms with Crippen molar-refractivity contribution in [3.63, 3.8) is 0 Å². The zero-order chi connectivity index (χ0) is 40.5. The predicted octanol–water partition coefficient (Wildman–Crippen LogP) is 1.47. The van der Waals surface area contributed by atoms with E-state index in [0.717, 1.165) is 6.42 Å². The van der Waals surface area contributed by atoms with Gasteiger partial charge >= 0.3 is 0 Å². The summed E-state index contributed by atoms with van der Waals surface area (Å²) in [6, 6.07) is -0.831. The normalized spacial score (nSPS) is 12.1. The summed E-state index contributed by atoms with van der Waals surface area (Å²) in [6.45, 7) is 18.9. The first-order valence-electron chi connectivity index (χ1n) is 19.7. The Morgan fingerprint density at radius 3 is 1.04 bits per heavy atom. The van der Waals surface area contributed by atoms with Crippen LogP contribution >= 0.6 is 0 Å². The van der Waals surface area contributed by atoms with E-state index in [0.29, 0.717) is 171 Å². The van der Waals surface area contributed by atoms with Crippen LogP contribution < -0.4 is 10.6 Å². The molecule has 0 saturated heterocycles. The summed E-state index contributed by atoms with van der Waals surface area (Å²) in [5.41, 5.74) is 0. The summed E-state index contributed by atoms with van der Waals surface area (Å²) in [7, 11) is 1.64. The second kappa shape index (κ2) is 41.8. The molecule has 0 aromatic heterocycles. The highest BCUT2D eigenvalue weighted by Crippen LogP contribution is 2.07. The maximum Gasteiger partial charge on any atom is 0.222 e. The number of Topliss-reactive ketones (excluding diaryl/α,β-unsaturated/α-hetero) is 1. The number of nitrogens with one attached hydrogen (secondary N) is 2. The van der Waals surface area contributed by atoms with Crippen LogP contribution in [-0.2, 0) is 71.2 Å². The first kappa shape index (κ1) is 53.1. The third-order valence-electron chi connectivity index (χ3n) is 7.31. The molecule has 0 bridgehead atoms. The van der Waals surface area contributed by atoms with Crippen molar-refractivity contribution < 1.29 is 71.2 Å². The molecule has 326 valence electrons. The molecule has 0 aromatic carbocycles. The van der Waals surface area contributed by atoms with Crippen LogP contribution in [0.2, 0.25) is 0 Å². The number of hydrogen-bond acceptors (Lipinski definition) is 15. The molecule has 2 N–H and O–H groups in total.